The average Bonchev–Trinajstić information content (AvgIpc) is 3.01. The van der Waals surface area contributed by atoms with Gasteiger partial charge in [0.2, 0.25) is 0 Å². The van der Waals surface area contributed by atoms with Crippen LogP contribution in [0.25, 0.3) is 11.3 Å². The molecule has 0 N–H and O–H groups in total. The fourth-order valence-corrected chi connectivity index (χ4v) is 2.60. The van der Waals surface area contributed by atoms with Crippen molar-refractivity contribution in [1.29, 1.82) is 0 Å². The van der Waals surface area contributed by atoms with Crippen LogP contribution in [0.15, 0.2) is 28.4 Å². The Kier molecular flexibility index (Phi) is 2.63. The van der Waals surface area contributed by atoms with Crippen molar-refractivity contribution in [2.45, 2.75) is 0 Å². The maximum Gasteiger partial charge on any atom is 0.186 e. The lowest BCUT2D eigenvalue weighted by Crippen LogP contribution is -2.36. The van der Waals surface area contributed by atoms with Crippen molar-refractivity contribution in [1.82, 2.24) is 4.98 Å². The van der Waals surface area contributed by atoms with E-state index in [0.29, 0.717) is 0 Å². The number of hydrogen-bond acceptors (Lipinski definition) is 5. The van der Waals surface area contributed by atoms with Crippen LogP contribution in [-0.4, -0.2) is 31.3 Å². The highest BCUT2D eigenvalue weighted by Gasteiger charge is 2.15. The maximum atomic E-state index is 5.32. The van der Waals surface area contributed by atoms with Crippen molar-refractivity contribution in [2.75, 3.05) is 31.2 Å². The fraction of sp³-hybridized carbons (Fsp3) is 0.364. The molecule has 84 valence electrons. The molecule has 1 saturated heterocycles. The number of furan rings is 1. The summed E-state index contributed by atoms with van der Waals surface area (Å²) in [4.78, 5) is 6.87. The van der Waals surface area contributed by atoms with E-state index in [1.807, 2.05) is 6.07 Å². The van der Waals surface area contributed by atoms with Crippen molar-refractivity contribution in [3.05, 3.63) is 24.0 Å². The van der Waals surface area contributed by atoms with Gasteiger partial charge in [-0.15, -0.1) is 11.3 Å². The summed E-state index contributed by atoms with van der Waals surface area (Å²) in [5, 5.41) is 3.13. The van der Waals surface area contributed by atoms with E-state index in [1.165, 1.54) is 0 Å². The molecule has 0 radical (unpaired) electrons. The largest absolute Gasteiger partial charge is 0.472 e. The first-order valence-electron chi connectivity index (χ1n) is 5.24. The first-order valence-corrected chi connectivity index (χ1v) is 6.12. The van der Waals surface area contributed by atoms with E-state index < -0.39 is 0 Å². The lowest BCUT2D eigenvalue weighted by molar-refractivity contribution is 0.122. The summed E-state index contributed by atoms with van der Waals surface area (Å²) >= 11 is 1.67. The molecule has 0 unspecified atom stereocenters. The van der Waals surface area contributed by atoms with E-state index in [9.17, 15) is 0 Å². The lowest BCUT2D eigenvalue weighted by Gasteiger charge is -2.25. The Morgan fingerprint density at radius 2 is 2.19 bits per heavy atom. The molecule has 0 aliphatic carbocycles. The number of ether oxygens (including phenoxy) is 1. The third-order valence-electron chi connectivity index (χ3n) is 2.59. The Bertz CT molecular complexity index is 446. The number of thiazole rings is 1. The molecule has 4 nitrogen and oxygen atoms in total. The zero-order valence-electron chi connectivity index (χ0n) is 8.76. The smallest absolute Gasteiger partial charge is 0.186 e. The van der Waals surface area contributed by atoms with Gasteiger partial charge in [-0.05, 0) is 6.07 Å². The van der Waals surface area contributed by atoms with Crippen molar-refractivity contribution in [3.8, 4) is 11.3 Å². The van der Waals surface area contributed by atoms with Gasteiger partial charge in [-0.1, -0.05) is 0 Å². The second kappa shape index (κ2) is 4.27. The predicted octanol–water partition coefficient (Wildman–Crippen LogP) is 2.24. The van der Waals surface area contributed by atoms with Crippen molar-refractivity contribution < 1.29 is 9.15 Å². The Balaban J connectivity index is 1.82. The first-order chi connectivity index (χ1) is 7.93. The number of morpholine rings is 1. The van der Waals surface area contributed by atoms with E-state index >= 15 is 0 Å². The summed E-state index contributed by atoms with van der Waals surface area (Å²) < 4.78 is 10.4. The second-order valence-corrected chi connectivity index (χ2v) is 4.46. The van der Waals surface area contributed by atoms with Gasteiger partial charge in [0.15, 0.2) is 5.13 Å². The molecule has 3 rings (SSSR count). The van der Waals surface area contributed by atoms with Gasteiger partial charge in [0.05, 0.1) is 31.4 Å². The highest BCUT2D eigenvalue weighted by molar-refractivity contribution is 7.14. The van der Waals surface area contributed by atoms with Crippen molar-refractivity contribution >= 4 is 16.5 Å². The highest BCUT2D eigenvalue weighted by Crippen LogP contribution is 2.27. The van der Waals surface area contributed by atoms with Crippen LogP contribution in [0.5, 0.6) is 0 Å². The van der Waals surface area contributed by atoms with Crippen LogP contribution in [0.2, 0.25) is 0 Å². The third-order valence-corrected chi connectivity index (χ3v) is 3.49. The van der Waals surface area contributed by atoms with E-state index in [-0.39, 0.29) is 0 Å². The summed E-state index contributed by atoms with van der Waals surface area (Å²) in [6.45, 7) is 3.44. The molecule has 3 heterocycles. The summed E-state index contributed by atoms with van der Waals surface area (Å²) in [7, 11) is 0. The van der Waals surface area contributed by atoms with Crippen LogP contribution in [0.1, 0.15) is 0 Å². The molecule has 1 aliphatic rings. The van der Waals surface area contributed by atoms with E-state index in [1.54, 1.807) is 23.9 Å². The molecule has 0 bridgehead atoms. The normalized spacial score (nSPS) is 16.6. The molecule has 1 aliphatic heterocycles. The Labute approximate surface area is 97.5 Å². The molecular weight excluding hydrogens is 224 g/mol. The Morgan fingerprint density at radius 1 is 1.31 bits per heavy atom. The van der Waals surface area contributed by atoms with Gasteiger partial charge in [-0.3, -0.25) is 0 Å². The highest BCUT2D eigenvalue weighted by atomic mass is 32.1. The van der Waals surface area contributed by atoms with Gasteiger partial charge >= 0.3 is 0 Å². The molecule has 1 fully saturated rings. The van der Waals surface area contributed by atoms with Gasteiger partial charge in [0.1, 0.15) is 0 Å². The summed E-state index contributed by atoms with van der Waals surface area (Å²) in [6.07, 6.45) is 3.39. The Morgan fingerprint density at radius 3 is 2.94 bits per heavy atom. The number of hydrogen-bond donors (Lipinski definition) is 0. The molecule has 2 aromatic heterocycles. The zero-order valence-corrected chi connectivity index (χ0v) is 9.57. The minimum atomic E-state index is 0.792. The number of anilines is 1. The van der Waals surface area contributed by atoms with Gasteiger partial charge in [-0.25, -0.2) is 4.98 Å². The molecule has 5 heteroatoms. The van der Waals surface area contributed by atoms with E-state index in [0.717, 1.165) is 42.7 Å². The molecule has 0 spiro atoms. The molecule has 0 saturated carbocycles. The molecule has 0 amide bonds. The molecule has 0 atom stereocenters. The van der Waals surface area contributed by atoms with Gasteiger partial charge < -0.3 is 14.1 Å². The van der Waals surface area contributed by atoms with Crippen LogP contribution in [-0.2, 0) is 4.74 Å². The fourth-order valence-electron chi connectivity index (χ4n) is 1.71. The van der Waals surface area contributed by atoms with Crippen LogP contribution >= 0.6 is 11.3 Å². The number of rotatable bonds is 2. The summed E-state index contributed by atoms with van der Waals surface area (Å²) in [5.74, 6) is 0. The number of aromatic nitrogens is 1. The predicted molar refractivity (Wildman–Crippen MR) is 62.8 cm³/mol. The SMILES string of the molecule is c1cc(-c2csc(N3CCOCC3)n2)co1. The third kappa shape index (κ3) is 1.83. The Hall–Kier alpha value is -1.33. The average molecular weight is 236 g/mol. The molecule has 2 aromatic rings. The minimum Gasteiger partial charge on any atom is -0.472 e. The van der Waals surface area contributed by atoms with E-state index in [4.69, 9.17) is 9.15 Å². The second-order valence-electron chi connectivity index (χ2n) is 3.63. The maximum absolute atomic E-state index is 5.32. The number of nitrogens with zero attached hydrogens (tertiary/aromatic N) is 2. The van der Waals surface area contributed by atoms with Gasteiger partial charge in [0.25, 0.3) is 0 Å². The molecule has 0 aromatic carbocycles. The molecule has 16 heavy (non-hydrogen) atoms. The van der Waals surface area contributed by atoms with Gasteiger partial charge in [-0.2, -0.15) is 0 Å². The van der Waals surface area contributed by atoms with E-state index in [2.05, 4.69) is 15.3 Å². The quantitative estimate of drug-likeness (QED) is 0.801. The topological polar surface area (TPSA) is 38.5 Å². The van der Waals surface area contributed by atoms with Crippen LogP contribution in [0.3, 0.4) is 0 Å². The monoisotopic (exact) mass is 236 g/mol. The zero-order chi connectivity index (χ0) is 10.8. The minimum absolute atomic E-state index is 0.792. The van der Waals surface area contributed by atoms with Crippen molar-refractivity contribution in [2.24, 2.45) is 0 Å². The van der Waals surface area contributed by atoms with Crippen molar-refractivity contribution in [3.63, 3.8) is 0 Å². The summed E-state index contributed by atoms with van der Waals surface area (Å²) in [5.41, 5.74) is 2.02. The van der Waals surface area contributed by atoms with Crippen LogP contribution < -0.4 is 4.90 Å². The first kappa shape index (κ1) is 9.86. The summed E-state index contributed by atoms with van der Waals surface area (Å²) in [6, 6.07) is 1.93. The van der Waals surface area contributed by atoms with Crippen LogP contribution in [0, 0.1) is 0 Å². The standard InChI is InChI=1S/C11H12N2O2S/c1-4-15-7-9(1)10-8-16-11(12-10)13-2-5-14-6-3-13/h1,4,7-8H,2-3,5-6H2. The molecular formula is C11H12N2O2S. The lowest BCUT2D eigenvalue weighted by atomic mass is 10.3. The van der Waals surface area contributed by atoms with Crippen LogP contribution in [0.4, 0.5) is 5.13 Å². The van der Waals surface area contributed by atoms with Gasteiger partial charge in [0, 0.05) is 24.0 Å².